The number of allylic oxidation sites excluding steroid dienone is 2. The van der Waals surface area contributed by atoms with Gasteiger partial charge in [-0.25, -0.2) is 9.97 Å². The highest BCUT2D eigenvalue weighted by atomic mass is 35.5. The first kappa shape index (κ1) is 39.6. The Morgan fingerprint density at radius 2 is 1.21 bits per heavy atom. The number of nitrogens with two attached hydrogens (primary N) is 2. The Bertz CT molecular complexity index is 2410. The standard InChI is InChI=1S/C34H36N12O5.2ClH/c1-5-45-25(13-18(3)41-45)31(50)39-33-37-22-15-20(29(35)48)9-10-24(22)43(33)11-7-8-12-44-28-23(16-21(30(36)49)17-27(28)47)38-34(44)40-32(51)26-14-19(4)42-46(26)6-2;;/h7-10,13-17,47H,5-6,11-12H2,1-4H3,(H2,35,48)(H2,36,49)(H,37,39,50)(H,38,40,51);2*1H/b8-7+;;. The molecule has 6 rings (SSSR count). The lowest BCUT2D eigenvalue weighted by Gasteiger charge is -2.11. The van der Waals surface area contributed by atoms with Crippen molar-refractivity contribution in [1.82, 2.24) is 38.7 Å². The molecule has 4 aromatic heterocycles. The number of fused-ring (bicyclic) bond motifs is 2. The normalized spacial score (nSPS) is 11.1. The molecule has 2 aromatic carbocycles. The molecule has 278 valence electrons. The molecule has 6 aromatic rings. The topological polar surface area (TPSA) is 236 Å². The van der Waals surface area contributed by atoms with Gasteiger partial charge in [0.1, 0.15) is 22.7 Å². The molecule has 4 amide bonds. The molecule has 17 nitrogen and oxygen atoms in total. The van der Waals surface area contributed by atoms with Crippen LogP contribution in [0.3, 0.4) is 0 Å². The summed E-state index contributed by atoms with van der Waals surface area (Å²) in [6.45, 7) is 8.63. The lowest BCUT2D eigenvalue weighted by molar-refractivity contribution is 0.0992. The number of carbonyl (C=O) groups is 4. The Morgan fingerprint density at radius 3 is 1.74 bits per heavy atom. The van der Waals surface area contributed by atoms with Crippen LogP contribution in [-0.2, 0) is 26.2 Å². The number of phenolic OH excluding ortho intramolecular Hbond substituents is 1. The van der Waals surface area contributed by atoms with Crippen molar-refractivity contribution in [3.05, 3.63) is 88.5 Å². The summed E-state index contributed by atoms with van der Waals surface area (Å²) >= 11 is 0. The number of hydrogen-bond acceptors (Lipinski definition) is 9. The molecule has 19 heteroatoms. The van der Waals surface area contributed by atoms with Crippen molar-refractivity contribution < 1.29 is 24.3 Å². The summed E-state index contributed by atoms with van der Waals surface area (Å²) in [4.78, 5) is 59.7. The van der Waals surface area contributed by atoms with Gasteiger partial charge in [0.25, 0.3) is 11.8 Å². The second-order valence-corrected chi connectivity index (χ2v) is 11.7. The number of amides is 4. The molecule has 53 heavy (non-hydrogen) atoms. The van der Waals surface area contributed by atoms with Crippen molar-refractivity contribution in [2.45, 2.75) is 53.9 Å². The van der Waals surface area contributed by atoms with Crippen molar-refractivity contribution in [2.24, 2.45) is 11.5 Å². The van der Waals surface area contributed by atoms with Gasteiger partial charge >= 0.3 is 0 Å². The van der Waals surface area contributed by atoms with Crippen molar-refractivity contribution in [3.63, 3.8) is 0 Å². The van der Waals surface area contributed by atoms with Gasteiger partial charge in [-0.3, -0.25) is 39.2 Å². The third-order valence-electron chi connectivity index (χ3n) is 8.20. The van der Waals surface area contributed by atoms with E-state index in [4.69, 9.17) is 11.5 Å². The fourth-order valence-corrected chi connectivity index (χ4v) is 5.85. The first-order chi connectivity index (χ1) is 24.4. The number of aromatic nitrogens is 8. The Kier molecular flexibility index (Phi) is 11.9. The second kappa shape index (κ2) is 16.0. The highest BCUT2D eigenvalue weighted by molar-refractivity contribution is 6.05. The van der Waals surface area contributed by atoms with E-state index in [1.54, 1.807) is 74.8 Å². The van der Waals surface area contributed by atoms with Crippen LogP contribution in [-0.4, -0.2) is 67.4 Å². The van der Waals surface area contributed by atoms with Crippen LogP contribution in [0, 0.1) is 13.8 Å². The predicted octanol–water partition coefficient (Wildman–Crippen LogP) is 3.94. The minimum atomic E-state index is -0.748. The van der Waals surface area contributed by atoms with Crippen LogP contribution in [0.5, 0.6) is 5.75 Å². The molecule has 0 radical (unpaired) electrons. The number of aryl methyl sites for hydroxylation is 4. The second-order valence-electron chi connectivity index (χ2n) is 11.7. The molecule has 0 bridgehead atoms. The van der Waals surface area contributed by atoms with E-state index >= 15 is 0 Å². The smallest absolute Gasteiger partial charge is 0.276 e. The van der Waals surface area contributed by atoms with Gasteiger partial charge < -0.3 is 25.7 Å². The number of imidazole rings is 2. The fraction of sp³-hybridized carbons (Fsp3) is 0.235. The van der Waals surface area contributed by atoms with E-state index in [9.17, 15) is 24.3 Å². The van der Waals surface area contributed by atoms with Crippen molar-refractivity contribution in [1.29, 1.82) is 0 Å². The number of benzene rings is 2. The Morgan fingerprint density at radius 1 is 0.717 bits per heavy atom. The molecule has 0 fully saturated rings. The zero-order valence-electron chi connectivity index (χ0n) is 29.2. The van der Waals surface area contributed by atoms with E-state index in [1.807, 2.05) is 13.8 Å². The number of nitrogens with zero attached hydrogens (tertiary/aromatic N) is 8. The van der Waals surface area contributed by atoms with Gasteiger partial charge in [-0.15, -0.1) is 24.8 Å². The summed E-state index contributed by atoms with van der Waals surface area (Å²) < 4.78 is 6.50. The molecule has 0 unspecified atom stereocenters. The monoisotopic (exact) mass is 764 g/mol. The van der Waals surface area contributed by atoms with E-state index in [2.05, 4.69) is 30.8 Å². The van der Waals surface area contributed by atoms with E-state index < -0.39 is 23.6 Å². The average Bonchev–Trinajstić information content (AvgIpc) is 3.85. The molecule has 0 aliphatic rings. The third-order valence-corrected chi connectivity index (χ3v) is 8.20. The molecule has 0 aliphatic carbocycles. The lowest BCUT2D eigenvalue weighted by Crippen LogP contribution is -2.20. The average molecular weight is 766 g/mol. The van der Waals surface area contributed by atoms with E-state index in [0.717, 1.165) is 0 Å². The van der Waals surface area contributed by atoms with Gasteiger partial charge in [0.05, 0.1) is 27.9 Å². The molecule has 0 saturated heterocycles. The number of anilines is 2. The first-order valence-electron chi connectivity index (χ1n) is 16.1. The molecule has 7 N–H and O–H groups in total. The van der Waals surface area contributed by atoms with Gasteiger partial charge in [-0.2, -0.15) is 10.2 Å². The number of hydrogen-bond donors (Lipinski definition) is 5. The maximum Gasteiger partial charge on any atom is 0.276 e. The van der Waals surface area contributed by atoms with E-state index in [0.29, 0.717) is 46.9 Å². The quantitative estimate of drug-likeness (QED) is 0.113. The fourth-order valence-electron chi connectivity index (χ4n) is 5.85. The number of primary amides is 2. The summed E-state index contributed by atoms with van der Waals surface area (Å²) in [7, 11) is 0. The van der Waals surface area contributed by atoms with Gasteiger partial charge in [-0.05, 0) is 70.2 Å². The Hall–Kier alpha value is -6.20. The zero-order valence-corrected chi connectivity index (χ0v) is 30.8. The number of aromatic hydroxyl groups is 1. The number of phenols is 1. The number of carbonyl (C=O) groups excluding carboxylic acids is 4. The van der Waals surface area contributed by atoms with Crippen molar-refractivity contribution in [3.8, 4) is 5.75 Å². The predicted molar refractivity (Wildman–Crippen MR) is 203 cm³/mol. The molecule has 0 atom stereocenters. The summed E-state index contributed by atoms with van der Waals surface area (Å²) in [5.74, 6) is -2.16. The van der Waals surface area contributed by atoms with Gasteiger partial charge in [0.15, 0.2) is 0 Å². The number of nitrogens with one attached hydrogen (secondary N) is 2. The largest absolute Gasteiger partial charge is 0.506 e. The van der Waals surface area contributed by atoms with Gasteiger partial charge in [0, 0.05) is 37.3 Å². The lowest BCUT2D eigenvalue weighted by atomic mass is 10.1. The van der Waals surface area contributed by atoms with E-state index in [1.165, 1.54) is 12.1 Å². The molecular formula is C34H38Cl2N12O5. The minimum absolute atomic E-state index is 0. The van der Waals surface area contributed by atoms with Gasteiger partial charge in [-0.1, -0.05) is 12.2 Å². The van der Waals surface area contributed by atoms with Crippen LogP contribution in [0.4, 0.5) is 11.9 Å². The Labute approximate surface area is 314 Å². The Balaban J connectivity index is 0.00000314. The van der Waals surface area contributed by atoms with Crippen LogP contribution in [0.15, 0.2) is 54.6 Å². The summed E-state index contributed by atoms with van der Waals surface area (Å²) in [5, 5.41) is 25.3. The van der Waals surface area contributed by atoms with Crippen LogP contribution >= 0.6 is 24.8 Å². The van der Waals surface area contributed by atoms with Crippen LogP contribution in [0.2, 0.25) is 0 Å². The first-order valence-corrected chi connectivity index (χ1v) is 16.1. The number of rotatable bonds is 12. The van der Waals surface area contributed by atoms with Crippen LogP contribution in [0.25, 0.3) is 22.1 Å². The summed E-state index contributed by atoms with van der Waals surface area (Å²) in [6.07, 6.45) is 3.59. The summed E-state index contributed by atoms with van der Waals surface area (Å²) in [6, 6.07) is 10.8. The van der Waals surface area contributed by atoms with Crippen molar-refractivity contribution in [2.75, 3.05) is 10.6 Å². The van der Waals surface area contributed by atoms with E-state index in [-0.39, 0.29) is 77.7 Å². The highest BCUT2D eigenvalue weighted by Gasteiger charge is 2.22. The van der Waals surface area contributed by atoms with Gasteiger partial charge in [0.2, 0.25) is 23.7 Å². The highest BCUT2D eigenvalue weighted by Crippen LogP contribution is 2.30. The molecule has 0 spiro atoms. The molecule has 0 saturated carbocycles. The summed E-state index contributed by atoms with van der Waals surface area (Å²) in [5.41, 5.74) is 14.9. The van der Waals surface area contributed by atoms with Crippen LogP contribution in [0.1, 0.15) is 66.9 Å². The maximum absolute atomic E-state index is 13.4. The maximum atomic E-state index is 13.4. The minimum Gasteiger partial charge on any atom is -0.506 e. The van der Waals surface area contributed by atoms with Crippen LogP contribution < -0.4 is 22.1 Å². The third kappa shape index (κ3) is 7.85. The number of halogens is 2. The molecule has 4 heterocycles. The van der Waals surface area contributed by atoms with Crippen molar-refractivity contribution >= 4 is 82.4 Å². The molecular weight excluding hydrogens is 727 g/mol. The molecule has 0 aliphatic heterocycles. The zero-order chi connectivity index (χ0) is 36.6. The SMILES string of the molecule is CCn1nc(C)cc1C(=O)Nc1nc2cc(C(N)=O)ccc2n1C/C=C/Cn1c(NC(=O)c2cc(C)nn2CC)nc2cc(C(N)=O)cc(O)c21.Cl.Cl.